The van der Waals surface area contributed by atoms with Crippen LogP contribution in [0, 0.1) is 11.3 Å². The van der Waals surface area contributed by atoms with Gasteiger partial charge >= 0.3 is 0 Å². The summed E-state index contributed by atoms with van der Waals surface area (Å²) in [7, 11) is 3.18. The molecule has 0 unspecified atom stereocenters. The summed E-state index contributed by atoms with van der Waals surface area (Å²) in [5.41, 5.74) is 9.56. The Kier molecular flexibility index (Phi) is 3.96. The number of hydrogen-bond acceptors (Lipinski definition) is 6. The van der Waals surface area contributed by atoms with Crippen LogP contribution in [0.25, 0.3) is 16.8 Å². The Morgan fingerprint density at radius 3 is 2.62 bits per heavy atom. The van der Waals surface area contributed by atoms with Crippen LogP contribution in [0.15, 0.2) is 24.4 Å². The lowest BCUT2D eigenvalue weighted by atomic mass is 10.0. The molecule has 0 bridgehead atoms. The molecule has 7 nitrogen and oxygen atoms in total. The number of hydrogen-bond donors (Lipinski definition) is 1. The highest BCUT2D eigenvalue weighted by Crippen LogP contribution is 2.36. The summed E-state index contributed by atoms with van der Waals surface area (Å²) >= 11 is 0. The lowest BCUT2D eigenvalue weighted by molar-refractivity contribution is 0.355. The molecule has 0 spiro atoms. The van der Waals surface area contributed by atoms with E-state index in [1.165, 1.54) is 10.7 Å². The second-order valence-corrected chi connectivity index (χ2v) is 5.15. The number of rotatable bonds is 4. The van der Waals surface area contributed by atoms with Gasteiger partial charge in [-0.1, -0.05) is 13.0 Å². The van der Waals surface area contributed by atoms with Gasteiger partial charge in [-0.25, -0.2) is 4.98 Å². The lowest BCUT2D eigenvalue weighted by Gasteiger charge is -2.09. The van der Waals surface area contributed by atoms with E-state index in [-0.39, 0.29) is 5.82 Å². The normalized spacial score (nSPS) is 10.6. The van der Waals surface area contributed by atoms with Crippen LogP contribution in [0.4, 0.5) is 5.82 Å². The Morgan fingerprint density at radius 2 is 2.00 bits per heavy atom. The van der Waals surface area contributed by atoms with E-state index in [0.717, 1.165) is 16.8 Å². The quantitative estimate of drug-likeness (QED) is 0.791. The molecule has 0 amide bonds. The molecular weight excluding hydrogens is 306 g/mol. The van der Waals surface area contributed by atoms with Crippen LogP contribution in [-0.2, 0) is 6.42 Å². The number of methoxy groups -OCH3 is 2. The summed E-state index contributed by atoms with van der Waals surface area (Å²) in [6, 6.07) is 7.66. The van der Waals surface area contributed by atoms with Gasteiger partial charge < -0.3 is 15.2 Å². The van der Waals surface area contributed by atoms with Crippen LogP contribution in [0.5, 0.6) is 11.5 Å². The maximum atomic E-state index is 9.11. The van der Waals surface area contributed by atoms with Crippen molar-refractivity contribution in [3.63, 3.8) is 0 Å². The van der Waals surface area contributed by atoms with E-state index >= 15 is 0 Å². The average Bonchev–Trinajstić information content (AvgIpc) is 3.01. The Hall–Kier alpha value is -3.27. The van der Waals surface area contributed by atoms with Gasteiger partial charge in [0.05, 0.1) is 26.1 Å². The van der Waals surface area contributed by atoms with E-state index in [2.05, 4.69) is 10.1 Å². The zero-order chi connectivity index (χ0) is 17.3. The molecule has 0 atom stereocenters. The summed E-state index contributed by atoms with van der Waals surface area (Å²) in [5, 5.41) is 13.6. The van der Waals surface area contributed by atoms with Gasteiger partial charge in [-0.05, 0) is 24.1 Å². The van der Waals surface area contributed by atoms with Crippen LogP contribution >= 0.6 is 0 Å². The smallest absolute Gasteiger partial charge is 0.165 e. The average molecular weight is 323 g/mol. The highest BCUT2D eigenvalue weighted by molar-refractivity contribution is 5.82. The molecule has 2 N–H and O–H groups in total. The third-order valence-corrected chi connectivity index (χ3v) is 3.88. The maximum Gasteiger partial charge on any atom is 0.165 e. The minimum atomic E-state index is 0.281. The standard InChI is InChI=1S/C17H17N5O2/c1-4-12-15(10-5-6-13(23-2)14(7-10)24-3)17-20-9-11(8-18)16(19)22(17)21-12/h5-7,9H,4,19H2,1-3H3. The molecule has 2 heterocycles. The van der Waals surface area contributed by atoms with Gasteiger partial charge in [0, 0.05) is 5.56 Å². The lowest BCUT2D eigenvalue weighted by Crippen LogP contribution is -2.03. The molecule has 0 aliphatic rings. The highest BCUT2D eigenvalue weighted by atomic mass is 16.5. The number of fused-ring (bicyclic) bond motifs is 1. The van der Waals surface area contributed by atoms with Gasteiger partial charge in [0.1, 0.15) is 17.5 Å². The largest absolute Gasteiger partial charge is 0.493 e. The molecule has 0 radical (unpaired) electrons. The highest BCUT2D eigenvalue weighted by Gasteiger charge is 2.19. The molecule has 3 rings (SSSR count). The van der Waals surface area contributed by atoms with Crippen LogP contribution in [0.1, 0.15) is 18.2 Å². The molecule has 3 aromatic rings. The van der Waals surface area contributed by atoms with Crippen LogP contribution in [0.2, 0.25) is 0 Å². The molecule has 0 saturated carbocycles. The zero-order valence-electron chi connectivity index (χ0n) is 13.7. The molecule has 0 aliphatic heterocycles. The van der Waals surface area contributed by atoms with Crippen molar-refractivity contribution in [3.05, 3.63) is 35.7 Å². The van der Waals surface area contributed by atoms with Crippen molar-refractivity contribution >= 4 is 11.5 Å². The fourth-order valence-corrected chi connectivity index (χ4v) is 2.67. The number of anilines is 1. The molecule has 0 saturated heterocycles. The topological polar surface area (TPSA) is 98.5 Å². The molecule has 122 valence electrons. The van der Waals surface area contributed by atoms with E-state index < -0.39 is 0 Å². The first-order valence-corrected chi connectivity index (χ1v) is 7.43. The van der Waals surface area contributed by atoms with Crippen LogP contribution < -0.4 is 15.2 Å². The Morgan fingerprint density at radius 1 is 1.25 bits per heavy atom. The van der Waals surface area contributed by atoms with E-state index in [9.17, 15) is 0 Å². The number of ether oxygens (including phenoxy) is 2. The molecule has 0 aliphatic carbocycles. The minimum absolute atomic E-state index is 0.281. The zero-order valence-corrected chi connectivity index (χ0v) is 13.7. The van der Waals surface area contributed by atoms with Gasteiger partial charge in [0.25, 0.3) is 0 Å². The van der Waals surface area contributed by atoms with Gasteiger partial charge in [0.15, 0.2) is 17.1 Å². The number of nitrogen functional groups attached to an aromatic ring is 1. The number of nitrogens with zero attached hydrogens (tertiary/aromatic N) is 4. The second kappa shape index (κ2) is 6.08. The molecular formula is C17H17N5O2. The monoisotopic (exact) mass is 323 g/mol. The predicted molar refractivity (Wildman–Crippen MR) is 90.0 cm³/mol. The summed E-state index contributed by atoms with van der Waals surface area (Å²) in [4.78, 5) is 4.38. The molecule has 24 heavy (non-hydrogen) atoms. The van der Waals surface area contributed by atoms with Gasteiger partial charge in [-0.2, -0.15) is 14.9 Å². The molecule has 1 aromatic carbocycles. The maximum absolute atomic E-state index is 9.11. The second-order valence-electron chi connectivity index (χ2n) is 5.15. The third-order valence-electron chi connectivity index (χ3n) is 3.88. The number of nitrogens with two attached hydrogens (primary N) is 1. The van der Waals surface area contributed by atoms with Crippen molar-refractivity contribution in [2.24, 2.45) is 0 Å². The van der Waals surface area contributed by atoms with Crippen LogP contribution in [0.3, 0.4) is 0 Å². The van der Waals surface area contributed by atoms with E-state index in [0.29, 0.717) is 29.1 Å². The van der Waals surface area contributed by atoms with Crippen molar-refractivity contribution < 1.29 is 9.47 Å². The van der Waals surface area contributed by atoms with Gasteiger partial charge in [-0.3, -0.25) is 0 Å². The first-order valence-electron chi connectivity index (χ1n) is 7.43. The van der Waals surface area contributed by atoms with E-state index in [1.54, 1.807) is 14.2 Å². The van der Waals surface area contributed by atoms with Gasteiger partial charge in [0.2, 0.25) is 0 Å². The number of aryl methyl sites for hydroxylation is 1. The predicted octanol–water partition coefficient (Wildman–Crippen LogP) is 2.43. The molecule has 2 aromatic heterocycles. The first-order chi connectivity index (χ1) is 11.6. The first kappa shape index (κ1) is 15.6. The van der Waals surface area contributed by atoms with Crippen molar-refractivity contribution in [1.29, 1.82) is 5.26 Å². The Labute approximate surface area is 139 Å². The van der Waals surface area contributed by atoms with Gasteiger partial charge in [-0.15, -0.1) is 0 Å². The van der Waals surface area contributed by atoms with Crippen molar-refractivity contribution in [1.82, 2.24) is 14.6 Å². The third kappa shape index (κ3) is 2.29. The summed E-state index contributed by atoms with van der Waals surface area (Å²) in [5.74, 6) is 1.55. The number of nitriles is 1. The van der Waals surface area contributed by atoms with E-state index in [1.807, 2.05) is 31.2 Å². The van der Waals surface area contributed by atoms with Crippen molar-refractivity contribution in [2.75, 3.05) is 20.0 Å². The molecule has 0 fully saturated rings. The summed E-state index contributed by atoms with van der Waals surface area (Å²) < 4.78 is 12.2. The molecule has 7 heteroatoms. The summed E-state index contributed by atoms with van der Waals surface area (Å²) in [6.07, 6.45) is 2.17. The summed E-state index contributed by atoms with van der Waals surface area (Å²) in [6.45, 7) is 2.01. The fourth-order valence-electron chi connectivity index (χ4n) is 2.67. The van der Waals surface area contributed by atoms with E-state index in [4.69, 9.17) is 20.5 Å². The Bertz CT molecular complexity index is 956. The number of aromatic nitrogens is 3. The Balaban J connectivity index is 2.30. The minimum Gasteiger partial charge on any atom is -0.493 e. The fraction of sp³-hybridized carbons (Fsp3) is 0.235. The van der Waals surface area contributed by atoms with Crippen LogP contribution in [-0.4, -0.2) is 28.8 Å². The van der Waals surface area contributed by atoms with Crippen molar-refractivity contribution in [2.45, 2.75) is 13.3 Å². The van der Waals surface area contributed by atoms with Crippen molar-refractivity contribution in [3.8, 4) is 28.7 Å². The number of benzene rings is 1. The SMILES string of the molecule is CCc1nn2c(N)c(C#N)cnc2c1-c1ccc(OC)c(OC)c1.